The van der Waals surface area contributed by atoms with Gasteiger partial charge in [-0.1, -0.05) is 66.7 Å². The van der Waals surface area contributed by atoms with E-state index < -0.39 is 40.3 Å². The Bertz CT molecular complexity index is 2710. The summed E-state index contributed by atoms with van der Waals surface area (Å²) in [6, 6.07) is 27.7. The third-order valence-electron chi connectivity index (χ3n) is 10.1. The zero-order valence-electron chi connectivity index (χ0n) is 28.4. The molecular formula is C43H29F6N3. The molecule has 8 aromatic rings. The molecule has 8 rings (SSSR count). The Morgan fingerprint density at radius 3 is 1.21 bits per heavy atom. The number of nitrogens with zero attached hydrogens (tertiary/aromatic N) is 3. The van der Waals surface area contributed by atoms with E-state index in [1.165, 1.54) is 6.07 Å². The molecule has 0 spiro atoms. The molecular weight excluding hydrogens is 672 g/mol. The predicted octanol–water partition coefficient (Wildman–Crippen LogP) is 13.4. The zero-order chi connectivity index (χ0) is 36.9. The van der Waals surface area contributed by atoms with Crippen LogP contribution in [0.15, 0.2) is 103 Å². The maximum atomic E-state index is 15.5. The van der Waals surface area contributed by atoms with Crippen LogP contribution >= 0.6 is 0 Å². The van der Waals surface area contributed by atoms with Crippen molar-refractivity contribution in [3.63, 3.8) is 0 Å². The molecule has 0 aliphatic carbocycles. The maximum Gasteiger partial charge on any atom is 0.417 e. The SMILES string of the molecule is [C-]#[N+]c1cccc(C(F)(F)F)c1-c1cc(-n2c3cccc(C)c3c3c(C)cccc32)c(-n2c3cccc(C)c3c3c(C)cccc32)cc1C(F)(F)F. The van der Waals surface area contributed by atoms with Gasteiger partial charge in [-0.15, -0.1) is 0 Å². The summed E-state index contributed by atoms with van der Waals surface area (Å²) in [6.45, 7) is 15.6. The van der Waals surface area contributed by atoms with Gasteiger partial charge in [0.05, 0.1) is 51.1 Å². The van der Waals surface area contributed by atoms with Gasteiger partial charge in [-0.05, 0) is 91.9 Å². The van der Waals surface area contributed by atoms with E-state index in [9.17, 15) is 13.2 Å². The molecule has 258 valence electrons. The minimum atomic E-state index is -5.10. The van der Waals surface area contributed by atoms with Crippen LogP contribution in [0.4, 0.5) is 32.0 Å². The Balaban J connectivity index is 1.67. The first-order chi connectivity index (χ1) is 24.7. The lowest BCUT2D eigenvalue weighted by Gasteiger charge is -2.24. The van der Waals surface area contributed by atoms with Gasteiger partial charge in [-0.3, -0.25) is 0 Å². The Labute approximate surface area is 294 Å². The molecule has 0 amide bonds. The fourth-order valence-corrected chi connectivity index (χ4v) is 7.96. The summed E-state index contributed by atoms with van der Waals surface area (Å²) >= 11 is 0. The highest BCUT2D eigenvalue weighted by Crippen LogP contribution is 2.50. The minimum absolute atomic E-state index is 0.128. The third kappa shape index (κ3) is 4.81. The third-order valence-corrected chi connectivity index (χ3v) is 10.1. The standard InChI is InChI=1S/C43H29F6N3/c1-23-11-6-17-31-37(23)38-24(2)12-7-18-32(38)51(31)35-21-27(41-28(42(44,45)46)15-10-16-30(41)50-5)29(43(47,48)49)22-36(35)52-33-19-8-13-25(3)39(33)40-26(4)14-9-20-34(40)52/h6-22H,1-4H3. The first kappa shape index (κ1) is 33.2. The maximum absolute atomic E-state index is 15.5. The topological polar surface area (TPSA) is 14.2 Å². The molecule has 0 saturated carbocycles. The van der Waals surface area contributed by atoms with Crippen molar-refractivity contribution in [2.24, 2.45) is 0 Å². The molecule has 0 unspecified atom stereocenters. The number of hydrogen-bond donors (Lipinski definition) is 0. The van der Waals surface area contributed by atoms with Gasteiger partial charge in [0.15, 0.2) is 5.69 Å². The summed E-state index contributed by atoms with van der Waals surface area (Å²) in [5.41, 5.74) is 2.07. The summed E-state index contributed by atoms with van der Waals surface area (Å²) < 4.78 is 94.2. The van der Waals surface area contributed by atoms with Crippen LogP contribution in [0.1, 0.15) is 33.4 Å². The lowest BCUT2D eigenvalue weighted by molar-refractivity contribution is -0.139. The van der Waals surface area contributed by atoms with Crippen molar-refractivity contribution in [1.29, 1.82) is 0 Å². The molecule has 0 radical (unpaired) electrons. The Kier molecular flexibility index (Phi) is 7.33. The summed E-state index contributed by atoms with van der Waals surface area (Å²) in [6.07, 6.45) is -10.1. The summed E-state index contributed by atoms with van der Waals surface area (Å²) in [7, 11) is 0. The first-order valence-corrected chi connectivity index (χ1v) is 16.5. The van der Waals surface area contributed by atoms with Gasteiger partial charge < -0.3 is 9.13 Å². The molecule has 6 aromatic carbocycles. The second kappa shape index (κ2) is 11.5. The number of halogens is 6. The van der Waals surface area contributed by atoms with Crippen LogP contribution in [0, 0.1) is 34.3 Å². The van der Waals surface area contributed by atoms with Crippen LogP contribution in [0.25, 0.3) is 71.0 Å². The van der Waals surface area contributed by atoms with Gasteiger partial charge in [0, 0.05) is 27.1 Å². The van der Waals surface area contributed by atoms with Crippen molar-refractivity contribution >= 4 is 49.3 Å². The molecule has 0 N–H and O–H groups in total. The van der Waals surface area contributed by atoms with Crippen molar-refractivity contribution in [2.75, 3.05) is 0 Å². The van der Waals surface area contributed by atoms with Crippen LogP contribution in [0.3, 0.4) is 0 Å². The average molecular weight is 702 g/mol. The number of fused-ring (bicyclic) bond motifs is 6. The van der Waals surface area contributed by atoms with Gasteiger partial charge >= 0.3 is 12.4 Å². The van der Waals surface area contributed by atoms with Gasteiger partial charge in [-0.2, -0.15) is 26.3 Å². The van der Waals surface area contributed by atoms with E-state index in [1.807, 2.05) is 105 Å². The van der Waals surface area contributed by atoms with Crippen molar-refractivity contribution in [3.05, 3.63) is 148 Å². The van der Waals surface area contributed by atoms with Crippen molar-refractivity contribution < 1.29 is 26.3 Å². The van der Waals surface area contributed by atoms with Crippen molar-refractivity contribution in [2.45, 2.75) is 40.0 Å². The highest BCUT2D eigenvalue weighted by molar-refractivity contribution is 6.14. The van der Waals surface area contributed by atoms with Crippen molar-refractivity contribution in [3.8, 4) is 22.5 Å². The quantitative estimate of drug-likeness (QED) is 0.129. The molecule has 0 saturated heterocycles. The van der Waals surface area contributed by atoms with Crippen molar-refractivity contribution in [1.82, 2.24) is 9.13 Å². The molecule has 52 heavy (non-hydrogen) atoms. The van der Waals surface area contributed by atoms with E-state index in [4.69, 9.17) is 6.57 Å². The lowest BCUT2D eigenvalue weighted by Crippen LogP contribution is -2.14. The highest BCUT2D eigenvalue weighted by atomic mass is 19.4. The predicted molar refractivity (Wildman–Crippen MR) is 196 cm³/mol. The fraction of sp³-hybridized carbons (Fsp3) is 0.140. The number of hydrogen-bond acceptors (Lipinski definition) is 0. The number of aryl methyl sites for hydroxylation is 4. The number of rotatable bonds is 3. The summed E-state index contributed by atoms with van der Waals surface area (Å²) in [5.74, 6) is 0. The molecule has 3 nitrogen and oxygen atoms in total. The first-order valence-electron chi connectivity index (χ1n) is 16.5. The van der Waals surface area contributed by atoms with Crippen LogP contribution in [-0.4, -0.2) is 9.13 Å². The van der Waals surface area contributed by atoms with E-state index >= 15 is 13.2 Å². The van der Waals surface area contributed by atoms with Gasteiger partial charge in [0.25, 0.3) is 0 Å². The van der Waals surface area contributed by atoms with E-state index in [1.54, 1.807) is 4.57 Å². The fourth-order valence-electron chi connectivity index (χ4n) is 7.96. The summed E-state index contributed by atoms with van der Waals surface area (Å²) in [4.78, 5) is 3.30. The number of benzene rings is 6. The molecule has 9 heteroatoms. The number of aromatic nitrogens is 2. The number of alkyl halides is 6. The summed E-state index contributed by atoms with van der Waals surface area (Å²) in [5, 5.41) is 3.50. The lowest BCUT2D eigenvalue weighted by atomic mass is 9.91. The second-order valence-electron chi connectivity index (χ2n) is 13.2. The van der Waals surface area contributed by atoms with E-state index in [0.29, 0.717) is 22.1 Å². The van der Waals surface area contributed by atoms with E-state index in [0.717, 1.165) is 68.1 Å². The normalized spacial score (nSPS) is 12.4. The molecule has 0 atom stereocenters. The molecule has 0 aliphatic rings. The largest absolute Gasteiger partial charge is 0.417 e. The van der Waals surface area contributed by atoms with Crippen LogP contribution in [0.5, 0.6) is 0 Å². The van der Waals surface area contributed by atoms with Crippen LogP contribution < -0.4 is 0 Å². The Morgan fingerprint density at radius 1 is 0.481 bits per heavy atom. The minimum Gasteiger partial charge on any atom is -0.307 e. The molecule has 0 aliphatic heterocycles. The molecule has 0 fully saturated rings. The van der Waals surface area contributed by atoms with Gasteiger partial charge in [-0.25, -0.2) is 4.85 Å². The highest BCUT2D eigenvalue weighted by Gasteiger charge is 2.40. The van der Waals surface area contributed by atoms with Crippen LogP contribution in [-0.2, 0) is 12.4 Å². The molecule has 2 aromatic heterocycles. The van der Waals surface area contributed by atoms with Crippen LogP contribution in [0.2, 0.25) is 0 Å². The van der Waals surface area contributed by atoms with Gasteiger partial charge in [0.1, 0.15) is 0 Å². The van der Waals surface area contributed by atoms with Gasteiger partial charge in [0.2, 0.25) is 0 Å². The molecule has 0 bridgehead atoms. The second-order valence-corrected chi connectivity index (χ2v) is 13.2. The van der Waals surface area contributed by atoms with E-state index in [2.05, 4.69) is 4.85 Å². The van der Waals surface area contributed by atoms with E-state index in [-0.39, 0.29) is 11.4 Å². The zero-order valence-corrected chi connectivity index (χ0v) is 28.4. The average Bonchev–Trinajstić information content (AvgIpc) is 3.62. The Hall–Kier alpha value is -6.01. The smallest absolute Gasteiger partial charge is 0.307 e. The monoisotopic (exact) mass is 701 g/mol. The molecule has 2 heterocycles. The Morgan fingerprint density at radius 2 is 0.846 bits per heavy atom.